The summed E-state index contributed by atoms with van der Waals surface area (Å²) in [5, 5.41) is 3.58. The predicted molar refractivity (Wildman–Crippen MR) is 88.6 cm³/mol. The summed E-state index contributed by atoms with van der Waals surface area (Å²) < 4.78 is 5.74. The Labute approximate surface area is 128 Å². The van der Waals surface area contributed by atoms with Crippen LogP contribution in [0.15, 0.2) is 48.5 Å². The second-order valence-electron chi connectivity index (χ2n) is 5.77. The maximum atomic E-state index is 5.74. The summed E-state index contributed by atoms with van der Waals surface area (Å²) in [5.74, 6) is 0.938. The molecule has 0 saturated carbocycles. The lowest BCUT2D eigenvalue weighted by Gasteiger charge is -2.17. The molecule has 2 aromatic rings. The third kappa shape index (κ3) is 4.61. The topological polar surface area (TPSA) is 21.3 Å². The fourth-order valence-corrected chi connectivity index (χ4v) is 2.45. The summed E-state index contributed by atoms with van der Waals surface area (Å²) in [5.41, 5.74) is 3.93. The maximum absolute atomic E-state index is 5.74. The molecule has 0 aliphatic rings. The maximum Gasteiger partial charge on any atom is 0.120 e. The lowest BCUT2D eigenvalue weighted by molar-refractivity contribution is 0.242. The Balaban J connectivity index is 1.98. The van der Waals surface area contributed by atoms with E-state index in [2.05, 4.69) is 55.6 Å². The van der Waals surface area contributed by atoms with Crippen LogP contribution in [0.2, 0.25) is 0 Å². The van der Waals surface area contributed by atoms with E-state index in [4.69, 9.17) is 4.74 Å². The third-order valence-corrected chi connectivity index (χ3v) is 3.54. The summed E-state index contributed by atoms with van der Waals surface area (Å²) in [7, 11) is 0. The second-order valence-corrected chi connectivity index (χ2v) is 5.77. The Bertz CT molecular complexity index is 577. The van der Waals surface area contributed by atoms with Crippen molar-refractivity contribution in [3.63, 3.8) is 0 Å². The summed E-state index contributed by atoms with van der Waals surface area (Å²) in [6.45, 7) is 9.29. The number of benzene rings is 2. The molecule has 1 N–H and O–H groups in total. The van der Waals surface area contributed by atoms with Crippen molar-refractivity contribution in [2.45, 2.75) is 46.4 Å². The van der Waals surface area contributed by atoms with Crippen LogP contribution in [-0.2, 0) is 6.54 Å². The normalized spacial score (nSPS) is 12.4. The van der Waals surface area contributed by atoms with Gasteiger partial charge in [0.1, 0.15) is 5.75 Å². The van der Waals surface area contributed by atoms with E-state index in [0.717, 1.165) is 12.3 Å². The Morgan fingerprint density at radius 1 is 1.00 bits per heavy atom. The van der Waals surface area contributed by atoms with Gasteiger partial charge in [0.05, 0.1) is 6.10 Å². The first-order chi connectivity index (χ1) is 10.1. The van der Waals surface area contributed by atoms with Gasteiger partial charge in [-0.3, -0.25) is 0 Å². The number of hydrogen-bond acceptors (Lipinski definition) is 2. The van der Waals surface area contributed by atoms with Gasteiger partial charge in [-0.25, -0.2) is 0 Å². The quantitative estimate of drug-likeness (QED) is 0.834. The Hall–Kier alpha value is -1.80. The Morgan fingerprint density at radius 3 is 2.48 bits per heavy atom. The molecule has 0 unspecified atom stereocenters. The molecule has 2 aromatic carbocycles. The fraction of sp³-hybridized carbons (Fsp3) is 0.368. The van der Waals surface area contributed by atoms with E-state index in [0.29, 0.717) is 6.04 Å². The second kappa shape index (κ2) is 7.28. The van der Waals surface area contributed by atoms with Gasteiger partial charge in [0, 0.05) is 12.6 Å². The lowest BCUT2D eigenvalue weighted by Crippen LogP contribution is -2.19. The molecule has 21 heavy (non-hydrogen) atoms. The third-order valence-electron chi connectivity index (χ3n) is 3.54. The predicted octanol–water partition coefficient (Wildman–Crippen LogP) is 4.63. The van der Waals surface area contributed by atoms with Crippen LogP contribution in [0.25, 0.3) is 0 Å². The van der Waals surface area contributed by atoms with Crippen molar-refractivity contribution in [2.24, 2.45) is 0 Å². The Morgan fingerprint density at radius 2 is 1.76 bits per heavy atom. The van der Waals surface area contributed by atoms with E-state index in [1.807, 2.05) is 26.0 Å². The summed E-state index contributed by atoms with van der Waals surface area (Å²) >= 11 is 0. The highest BCUT2D eigenvalue weighted by Gasteiger charge is 2.07. The van der Waals surface area contributed by atoms with E-state index >= 15 is 0 Å². The summed E-state index contributed by atoms with van der Waals surface area (Å²) in [6.07, 6.45) is 0.208. The fourth-order valence-electron chi connectivity index (χ4n) is 2.45. The molecule has 2 rings (SSSR count). The first-order valence-electron chi connectivity index (χ1n) is 7.61. The SMILES string of the molecule is Cc1ccccc1[C@H](C)NCc1cccc(OC(C)C)c1. The highest BCUT2D eigenvalue weighted by Crippen LogP contribution is 2.19. The average molecular weight is 283 g/mol. The standard InChI is InChI=1S/C19H25NO/c1-14(2)21-18-10-7-9-17(12-18)13-20-16(4)19-11-6-5-8-15(19)3/h5-12,14,16,20H,13H2,1-4H3/t16-/m0/s1. The first-order valence-corrected chi connectivity index (χ1v) is 7.61. The minimum atomic E-state index is 0.208. The molecular weight excluding hydrogens is 258 g/mol. The molecule has 0 spiro atoms. The molecule has 0 amide bonds. The zero-order valence-corrected chi connectivity index (χ0v) is 13.4. The number of rotatable bonds is 6. The van der Waals surface area contributed by atoms with Crippen LogP contribution in [-0.4, -0.2) is 6.10 Å². The zero-order chi connectivity index (χ0) is 15.2. The van der Waals surface area contributed by atoms with Crippen LogP contribution in [0.4, 0.5) is 0 Å². The van der Waals surface area contributed by atoms with E-state index in [9.17, 15) is 0 Å². The first kappa shape index (κ1) is 15.6. The van der Waals surface area contributed by atoms with Gasteiger partial charge in [0.15, 0.2) is 0 Å². The minimum absolute atomic E-state index is 0.208. The van der Waals surface area contributed by atoms with Gasteiger partial charge in [0.2, 0.25) is 0 Å². The molecule has 0 saturated heterocycles. The zero-order valence-electron chi connectivity index (χ0n) is 13.4. The van der Waals surface area contributed by atoms with Crippen LogP contribution in [0.1, 0.15) is 43.5 Å². The van der Waals surface area contributed by atoms with Crippen molar-refractivity contribution in [3.8, 4) is 5.75 Å². The lowest BCUT2D eigenvalue weighted by atomic mass is 10.0. The number of hydrogen-bond donors (Lipinski definition) is 1. The van der Waals surface area contributed by atoms with E-state index in [1.54, 1.807) is 0 Å². The van der Waals surface area contributed by atoms with E-state index < -0.39 is 0 Å². The van der Waals surface area contributed by atoms with Crippen LogP contribution in [0, 0.1) is 6.92 Å². The minimum Gasteiger partial charge on any atom is -0.491 e. The molecule has 0 bridgehead atoms. The Kier molecular flexibility index (Phi) is 5.40. The van der Waals surface area contributed by atoms with Crippen molar-refractivity contribution in [3.05, 3.63) is 65.2 Å². The van der Waals surface area contributed by atoms with Crippen LogP contribution < -0.4 is 10.1 Å². The molecule has 0 aliphatic carbocycles. The molecule has 2 nitrogen and oxygen atoms in total. The van der Waals surface area contributed by atoms with Gasteiger partial charge in [-0.2, -0.15) is 0 Å². The molecule has 0 aliphatic heterocycles. The van der Waals surface area contributed by atoms with Crippen LogP contribution in [0.5, 0.6) is 5.75 Å². The molecule has 1 atom stereocenters. The van der Waals surface area contributed by atoms with Crippen molar-refractivity contribution < 1.29 is 4.74 Å². The molecular formula is C19H25NO. The molecule has 0 heterocycles. The van der Waals surface area contributed by atoms with Gasteiger partial charge < -0.3 is 10.1 Å². The molecule has 112 valence electrons. The van der Waals surface area contributed by atoms with Crippen LogP contribution >= 0.6 is 0 Å². The van der Waals surface area contributed by atoms with E-state index in [1.165, 1.54) is 16.7 Å². The smallest absolute Gasteiger partial charge is 0.120 e. The number of nitrogens with one attached hydrogen (secondary N) is 1. The summed E-state index contributed by atoms with van der Waals surface area (Å²) in [6, 6.07) is 17.1. The van der Waals surface area contributed by atoms with Gasteiger partial charge in [-0.1, -0.05) is 36.4 Å². The largest absolute Gasteiger partial charge is 0.491 e. The molecule has 2 heteroatoms. The van der Waals surface area contributed by atoms with Crippen molar-refractivity contribution in [1.29, 1.82) is 0 Å². The molecule has 0 aromatic heterocycles. The van der Waals surface area contributed by atoms with Crippen molar-refractivity contribution in [1.82, 2.24) is 5.32 Å². The average Bonchev–Trinajstić information content (AvgIpc) is 2.45. The van der Waals surface area contributed by atoms with Crippen LogP contribution in [0.3, 0.4) is 0 Å². The molecule has 0 radical (unpaired) electrons. The van der Waals surface area contributed by atoms with E-state index in [-0.39, 0.29) is 6.10 Å². The summed E-state index contributed by atoms with van der Waals surface area (Å²) in [4.78, 5) is 0. The highest BCUT2D eigenvalue weighted by molar-refractivity contribution is 5.30. The highest BCUT2D eigenvalue weighted by atomic mass is 16.5. The molecule has 0 fully saturated rings. The number of ether oxygens (including phenoxy) is 1. The van der Waals surface area contributed by atoms with Gasteiger partial charge in [-0.05, 0) is 56.5 Å². The van der Waals surface area contributed by atoms with Crippen molar-refractivity contribution >= 4 is 0 Å². The van der Waals surface area contributed by atoms with Gasteiger partial charge >= 0.3 is 0 Å². The van der Waals surface area contributed by atoms with Gasteiger partial charge in [0.25, 0.3) is 0 Å². The van der Waals surface area contributed by atoms with Crippen molar-refractivity contribution in [2.75, 3.05) is 0 Å². The monoisotopic (exact) mass is 283 g/mol. The van der Waals surface area contributed by atoms with Gasteiger partial charge in [-0.15, -0.1) is 0 Å². The number of aryl methyl sites for hydroxylation is 1.